The van der Waals surface area contributed by atoms with E-state index in [-0.39, 0.29) is 4.75 Å². The first kappa shape index (κ1) is 11.6. The molecule has 1 aromatic rings. The smallest absolute Gasteiger partial charge is 0.0246 e. The Morgan fingerprint density at radius 1 is 1.25 bits per heavy atom. The van der Waals surface area contributed by atoms with E-state index in [1.807, 2.05) is 17.8 Å². The summed E-state index contributed by atoms with van der Waals surface area (Å²) < 4.78 is 0.275. The molecular weight excluding hydrogens is 212 g/mol. The molecule has 0 aliphatic carbocycles. The fraction of sp³-hybridized carbons (Fsp3) is 0.467. The summed E-state index contributed by atoms with van der Waals surface area (Å²) in [5.74, 6) is 2.72. The van der Waals surface area contributed by atoms with Gasteiger partial charge in [0.1, 0.15) is 0 Å². The van der Waals surface area contributed by atoms with Gasteiger partial charge in [0.15, 0.2) is 0 Å². The van der Waals surface area contributed by atoms with Crippen molar-refractivity contribution in [3.8, 4) is 12.3 Å². The highest BCUT2D eigenvalue weighted by Crippen LogP contribution is 2.52. The van der Waals surface area contributed by atoms with Gasteiger partial charge in [-0.3, -0.25) is 0 Å². The van der Waals surface area contributed by atoms with Gasteiger partial charge in [0.2, 0.25) is 0 Å². The van der Waals surface area contributed by atoms with Crippen molar-refractivity contribution >= 4 is 11.8 Å². The van der Waals surface area contributed by atoms with Crippen LogP contribution in [0.1, 0.15) is 38.8 Å². The molecule has 0 amide bonds. The third kappa shape index (κ3) is 1.76. The van der Waals surface area contributed by atoms with E-state index in [9.17, 15) is 0 Å². The van der Waals surface area contributed by atoms with Crippen LogP contribution in [0.2, 0.25) is 0 Å². The van der Waals surface area contributed by atoms with Gasteiger partial charge in [-0.2, -0.15) is 0 Å². The van der Waals surface area contributed by atoms with Gasteiger partial charge in [-0.15, -0.1) is 18.2 Å². The second-order valence-electron chi connectivity index (χ2n) is 5.64. The zero-order chi connectivity index (χ0) is 12.0. The summed E-state index contributed by atoms with van der Waals surface area (Å²) in [6.07, 6.45) is 6.56. The molecule has 0 radical (unpaired) electrons. The maximum absolute atomic E-state index is 5.45. The number of thioether (sulfide) groups is 1. The maximum Gasteiger partial charge on any atom is 0.0246 e. The van der Waals surface area contributed by atoms with Crippen molar-refractivity contribution in [3.05, 3.63) is 29.3 Å². The predicted octanol–water partition coefficient (Wildman–Crippen LogP) is 4.12. The maximum atomic E-state index is 5.45. The summed E-state index contributed by atoms with van der Waals surface area (Å²) >= 11 is 1.97. The lowest BCUT2D eigenvalue weighted by Crippen LogP contribution is -2.40. The number of hydrogen-bond donors (Lipinski definition) is 0. The van der Waals surface area contributed by atoms with Gasteiger partial charge in [0.25, 0.3) is 0 Å². The molecule has 0 bridgehead atoms. The molecular formula is C15H18S. The molecule has 1 heteroatoms. The molecule has 16 heavy (non-hydrogen) atoms. The fourth-order valence-corrected chi connectivity index (χ4v) is 3.31. The van der Waals surface area contributed by atoms with Crippen LogP contribution in [0.25, 0.3) is 0 Å². The number of rotatable bonds is 0. The highest BCUT2D eigenvalue weighted by atomic mass is 32.2. The highest BCUT2D eigenvalue weighted by molar-refractivity contribution is 8.00. The first-order valence-electron chi connectivity index (χ1n) is 5.64. The quantitative estimate of drug-likeness (QED) is 0.604. The standard InChI is InChI=1S/C15H18S/c1-6-11-7-8-13-12(9-11)10-14(2,3)15(4,5)16-13/h1,7-9H,10H2,2-5H3. The Morgan fingerprint density at radius 3 is 2.56 bits per heavy atom. The monoisotopic (exact) mass is 230 g/mol. The largest absolute Gasteiger partial charge is 0.119 e. The summed E-state index contributed by atoms with van der Waals surface area (Å²) in [7, 11) is 0. The van der Waals surface area contributed by atoms with Gasteiger partial charge in [0.05, 0.1) is 0 Å². The average molecular weight is 230 g/mol. The fourth-order valence-electron chi connectivity index (χ4n) is 2.01. The third-order valence-corrected chi connectivity index (χ3v) is 5.54. The summed E-state index contributed by atoms with van der Waals surface area (Å²) in [6, 6.07) is 6.38. The van der Waals surface area contributed by atoms with Crippen LogP contribution in [-0.2, 0) is 6.42 Å². The number of hydrogen-bond acceptors (Lipinski definition) is 1. The second kappa shape index (κ2) is 3.57. The van der Waals surface area contributed by atoms with Gasteiger partial charge >= 0.3 is 0 Å². The van der Waals surface area contributed by atoms with E-state index in [2.05, 4.69) is 45.7 Å². The molecule has 1 aliphatic heterocycles. The third-order valence-electron chi connectivity index (χ3n) is 3.85. The van der Waals surface area contributed by atoms with Gasteiger partial charge in [-0.05, 0) is 49.4 Å². The van der Waals surface area contributed by atoms with Crippen LogP contribution in [0.15, 0.2) is 23.1 Å². The normalized spacial score (nSPS) is 20.9. The van der Waals surface area contributed by atoms with Crippen molar-refractivity contribution in [3.63, 3.8) is 0 Å². The van der Waals surface area contributed by atoms with E-state index >= 15 is 0 Å². The second-order valence-corrected chi connectivity index (χ2v) is 7.30. The van der Waals surface area contributed by atoms with Crippen LogP contribution in [-0.4, -0.2) is 4.75 Å². The minimum Gasteiger partial charge on any atom is -0.119 e. The molecule has 1 aliphatic rings. The summed E-state index contributed by atoms with van der Waals surface area (Å²) in [6.45, 7) is 9.34. The van der Waals surface area contributed by atoms with Crippen LogP contribution >= 0.6 is 11.8 Å². The van der Waals surface area contributed by atoms with Gasteiger partial charge in [-0.25, -0.2) is 0 Å². The van der Waals surface area contributed by atoms with Crippen LogP contribution in [0.5, 0.6) is 0 Å². The van der Waals surface area contributed by atoms with Crippen LogP contribution < -0.4 is 0 Å². The molecule has 1 heterocycles. The zero-order valence-electron chi connectivity index (χ0n) is 10.4. The minimum atomic E-state index is 0.275. The first-order chi connectivity index (χ1) is 7.36. The van der Waals surface area contributed by atoms with E-state index in [1.165, 1.54) is 10.5 Å². The summed E-state index contributed by atoms with van der Waals surface area (Å²) in [4.78, 5) is 1.39. The lowest BCUT2D eigenvalue weighted by Gasteiger charge is -2.45. The van der Waals surface area contributed by atoms with Crippen molar-refractivity contribution in [2.75, 3.05) is 0 Å². The van der Waals surface area contributed by atoms with Gasteiger partial charge in [0, 0.05) is 15.2 Å². The summed E-state index contributed by atoms with van der Waals surface area (Å²) in [5.41, 5.74) is 2.71. The number of fused-ring (bicyclic) bond motifs is 1. The lowest BCUT2D eigenvalue weighted by atomic mass is 9.75. The molecule has 84 valence electrons. The highest BCUT2D eigenvalue weighted by Gasteiger charge is 2.42. The molecule has 0 spiro atoms. The Balaban J connectivity index is 2.48. The topological polar surface area (TPSA) is 0 Å². The van der Waals surface area contributed by atoms with Crippen molar-refractivity contribution in [1.82, 2.24) is 0 Å². The molecule has 0 saturated carbocycles. The van der Waals surface area contributed by atoms with E-state index < -0.39 is 0 Å². The van der Waals surface area contributed by atoms with Crippen molar-refractivity contribution < 1.29 is 0 Å². The number of terminal acetylenes is 1. The van der Waals surface area contributed by atoms with Crippen LogP contribution in [0.3, 0.4) is 0 Å². The Labute approximate surface area is 103 Å². The Hall–Kier alpha value is -0.870. The van der Waals surface area contributed by atoms with Crippen LogP contribution in [0, 0.1) is 17.8 Å². The minimum absolute atomic E-state index is 0.275. The van der Waals surface area contributed by atoms with Gasteiger partial charge < -0.3 is 0 Å². The molecule has 2 rings (SSSR count). The molecule has 0 N–H and O–H groups in total. The molecule has 0 fully saturated rings. The van der Waals surface area contributed by atoms with Gasteiger partial charge in [-0.1, -0.05) is 19.8 Å². The SMILES string of the molecule is C#Cc1ccc2c(c1)CC(C)(C)C(C)(C)S2. The van der Waals surface area contributed by atoms with Crippen molar-refractivity contribution in [2.24, 2.45) is 5.41 Å². The Bertz CT molecular complexity index is 461. The molecule has 0 nitrogen and oxygen atoms in total. The lowest BCUT2D eigenvalue weighted by molar-refractivity contribution is 0.273. The summed E-state index contributed by atoms with van der Waals surface area (Å²) in [5, 5.41) is 0. The molecule has 0 saturated heterocycles. The Kier molecular flexibility index (Phi) is 2.59. The molecule has 0 atom stereocenters. The molecule has 1 aromatic carbocycles. The predicted molar refractivity (Wildman–Crippen MR) is 71.8 cm³/mol. The van der Waals surface area contributed by atoms with E-state index in [0.29, 0.717) is 5.41 Å². The molecule has 0 aromatic heterocycles. The number of benzene rings is 1. The molecule has 0 unspecified atom stereocenters. The van der Waals surface area contributed by atoms with Crippen molar-refractivity contribution in [1.29, 1.82) is 0 Å². The zero-order valence-corrected chi connectivity index (χ0v) is 11.2. The average Bonchev–Trinajstić information content (AvgIpc) is 2.18. The first-order valence-corrected chi connectivity index (χ1v) is 6.46. The van der Waals surface area contributed by atoms with E-state index in [4.69, 9.17) is 6.42 Å². The van der Waals surface area contributed by atoms with E-state index in [0.717, 1.165) is 12.0 Å². The van der Waals surface area contributed by atoms with Crippen molar-refractivity contribution in [2.45, 2.75) is 43.8 Å². The Morgan fingerprint density at radius 2 is 1.94 bits per heavy atom. The van der Waals surface area contributed by atoms with Crippen LogP contribution in [0.4, 0.5) is 0 Å². The van der Waals surface area contributed by atoms with E-state index in [1.54, 1.807) is 0 Å².